The van der Waals surface area contributed by atoms with Gasteiger partial charge in [0.2, 0.25) is 0 Å². The molecule has 0 spiro atoms. The van der Waals surface area contributed by atoms with E-state index in [1.54, 1.807) is 6.92 Å². The number of nitro groups is 1. The van der Waals surface area contributed by atoms with E-state index in [2.05, 4.69) is 5.32 Å². The van der Waals surface area contributed by atoms with Crippen LogP contribution in [0, 0.1) is 17.0 Å². The summed E-state index contributed by atoms with van der Waals surface area (Å²) in [6, 6.07) is 11.9. The number of carbonyl (C=O) groups is 1. The van der Waals surface area contributed by atoms with Crippen molar-refractivity contribution in [2.75, 3.05) is 5.32 Å². The zero-order chi connectivity index (χ0) is 15.7. The van der Waals surface area contributed by atoms with E-state index in [1.807, 2.05) is 24.3 Å². The van der Waals surface area contributed by atoms with E-state index < -0.39 is 11.0 Å². The molecule has 6 heteroatoms. The van der Waals surface area contributed by atoms with Crippen LogP contribution in [0.2, 0.25) is 0 Å². The van der Waals surface area contributed by atoms with Gasteiger partial charge in [-0.1, -0.05) is 18.2 Å². The van der Waals surface area contributed by atoms with Crippen LogP contribution >= 0.6 is 0 Å². The second-order valence-electron chi connectivity index (χ2n) is 5.16. The predicted molar refractivity (Wildman–Crippen MR) is 81.0 cm³/mol. The number of amides is 1. The van der Waals surface area contributed by atoms with Gasteiger partial charge in [-0.3, -0.25) is 14.9 Å². The summed E-state index contributed by atoms with van der Waals surface area (Å²) in [5.74, 6) is 0.469. The summed E-state index contributed by atoms with van der Waals surface area (Å²) in [5, 5.41) is 13.5. The van der Waals surface area contributed by atoms with Crippen LogP contribution in [0.15, 0.2) is 42.5 Å². The van der Waals surface area contributed by atoms with Crippen molar-refractivity contribution in [1.82, 2.24) is 0 Å². The summed E-state index contributed by atoms with van der Waals surface area (Å²) >= 11 is 0. The van der Waals surface area contributed by atoms with Crippen molar-refractivity contribution in [3.05, 3.63) is 63.7 Å². The molecular formula is C16H14N2O4. The number of hydrogen-bond donors (Lipinski definition) is 1. The van der Waals surface area contributed by atoms with Crippen LogP contribution in [0.25, 0.3) is 0 Å². The van der Waals surface area contributed by atoms with Crippen LogP contribution in [0.3, 0.4) is 0 Å². The highest BCUT2D eigenvalue weighted by Crippen LogP contribution is 2.29. The number of fused-ring (bicyclic) bond motifs is 1. The molecule has 1 N–H and O–H groups in total. The molecule has 0 unspecified atom stereocenters. The molecule has 0 aromatic heterocycles. The number of para-hydroxylation sites is 1. The Morgan fingerprint density at radius 3 is 2.77 bits per heavy atom. The number of anilines is 1. The van der Waals surface area contributed by atoms with Gasteiger partial charge in [-0.25, -0.2) is 0 Å². The summed E-state index contributed by atoms with van der Waals surface area (Å²) in [7, 11) is 0. The molecule has 2 aromatic rings. The fourth-order valence-corrected chi connectivity index (χ4v) is 2.44. The lowest BCUT2D eigenvalue weighted by Crippen LogP contribution is -2.31. The van der Waals surface area contributed by atoms with E-state index in [9.17, 15) is 14.9 Å². The third-order valence-electron chi connectivity index (χ3n) is 3.62. The Morgan fingerprint density at radius 2 is 2.09 bits per heavy atom. The number of non-ortho nitro benzene ring substituents is 1. The topological polar surface area (TPSA) is 81.5 Å². The first-order chi connectivity index (χ1) is 10.5. The highest BCUT2D eigenvalue weighted by Gasteiger charge is 2.29. The van der Waals surface area contributed by atoms with E-state index in [-0.39, 0.29) is 11.6 Å². The third-order valence-corrected chi connectivity index (χ3v) is 3.62. The van der Waals surface area contributed by atoms with Gasteiger partial charge in [0.15, 0.2) is 6.10 Å². The summed E-state index contributed by atoms with van der Waals surface area (Å²) < 4.78 is 5.62. The lowest BCUT2D eigenvalue weighted by atomic mass is 10.1. The zero-order valence-electron chi connectivity index (χ0n) is 11.9. The number of carbonyl (C=O) groups excluding carboxylic acids is 1. The number of ether oxygens (including phenoxy) is 1. The second kappa shape index (κ2) is 5.48. The quantitative estimate of drug-likeness (QED) is 0.698. The molecule has 0 aliphatic carbocycles. The summed E-state index contributed by atoms with van der Waals surface area (Å²) in [5.41, 5.74) is 2.19. The van der Waals surface area contributed by atoms with Crippen molar-refractivity contribution in [3.63, 3.8) is 0 Å². The number of benzene rings is 2. The number of rotatable bonds is 3. The van der Waals surface area contributed by atoms with Gasteiger partial charge < -0.3 is 10.1 Å². The van der Waals surface area contributed by atoms with E-state index >= 15 is 0 Å². The van der Waals surface area contributed by atoms with Gasteiger partial charge in [0.25, 0.3) is 11.6 Å². The molecule has 1 atom stereocenters. The van der Waals surface area contributed by atoms with Gasteiger partial charge in [-0.2, -0.15) is 0 Å². The Kier molecular flexibility index (Phi) is 3.50. The van der Waals surface area contributed by atoms with Crippen LogP contribution < -0.4 is 10.1 Å². The Labute approximate surface area is 126 Å². The minimum atomic E-state index is -0.577. The number of nitrogens with zero attached hydrogens (tertiary/aromatic N) is 1. The molecule has 0 radical (unpaired) electrons. The van der Waals surface area contributed by atoms with Crippen LogP contribution in [0.4, 0.5) is 11.4 Å². The van der Waals surface area contributed by atoms with Crippen molar-refractivity contribution < 1.29 is 14.5 Å². The van der Waals surface area contributed by atoms with Gasteiger partial charge in [-0.05, 0) is 30.2 Å². The van der Waals surface area contributed by atoms with Crippen molar-refractivity contribution >= 4 is 17.3 Å². The van der Waals surface area contributed by atoms with Crippen molar-refractivity contribution in [2.24, 2.45) is 0 Å². The summed E-state index contributed by atoms with van der Waals surface area (Å²) in [6.45, 7) is 1.72. The van der Waals surface area contributed by atoms with Crippen molar-refractivity contribution in [1.29, 1.82) is 0 Å². The smallest absolute Gasteiger partial charge is 0.269 e. The first kappa shape index (κ1) is 14.1. The SMILES string of the molecule is Cc1cc([N+](=O)[O-])ccc1NC(=O)[C@H]1Cc2ccccc2O1. The molecule has 2 aromatic carbocycles. The molecule has 1 heterocycles. The fraction of sp³-hybridized carbons (Fsp3) is 0.188. The maximum atomic E-state index is 12.3. The highest BCUT2D eigenvalue weighted by atomic mass is 16.6. The Hall–Kier alpha value is -2.89. The average molecular weight is 298 g/mol. The third kappa shape index (κ3) is 2.63. The lowest BCUT2D eigenvalue weighted by molar-refractivity contribution is -0.384. The minimum absolute atomic E-state index is 0.0000190. The summed E-state index contributed by atoms with van der Waals surface area (Å²) in [4.78, 5) is 22.5. The van der Waals surface area contributed by atoms with Crippen LogP contribution in [-0.4, -0.2) is 16.9 Å². The second-order valence-corrected chi connectivity index (χ2v) is 5.16. The minimum Gasteiger partial charge on any atom is -0.480 e. The van der Waals surface area contributed by atoms with Gasteiger partial charge in [0, 0.05) is 24.2 Å². The van der Waals surface area contributed by atoms with E-state index in [1.165, 1.54) is 18.2 Å². The molecule has 1 aliphatic heterocycles. The van der Waals surface area contributed by atoms with Crippen LogP contribution in [0.5, 0.6) is 5.75 Å². The number of aryl methyl sites for hydroxylation is 1. The molecule has 112 valence electrons. The normalized spacial score (nSPS) is 15.8. The molecule has 3 rings (SSSR count). The molecule has 0 fully saturated rings. The highest BCUT2D eigenvalue weighted by molar-refractivity contribution is 5.95. The largest absolute Gasteiger partial charge is 0.480 e. The van der Waals surface area contributed by atoms with Crippen LogP contribution in [-0.2, 0) is 11.2 Å². The molecule has 1 amide bonds. The molecule has 0 bridgehead atoms. The monoisotopic (exact) mass is 298 g/mol. The maximum absolute atomic E-state index is 12.3. The van der Waals surface area contributed by atoms with E-state index in [0.717, 1.165) is 11.3 Å². The number of nitro benzene ring substituents is 1. The molecule has 1 aliphatic rings. The molecule has 22 heavy (non-hydrogen) atoms. The Balaban J connectivity index is 1.72. The maximum Gasteiger partial charge on any atom is 0.269 e. The summed E-state index contributed by atoms with van der Waals surface area (Å²) in [6.07, 6.45) is -0.0550. The van der Waals surface area contributed by atoms with Crippen LogP contribution in [0.1, 0.15) is 11.1 Å². The fourth-order valence-electron chi connectivity index (χ4n) is 2.44. The van der Waals surface area contributed by atoms with Gasteiger partial charge in [-0.15, -0.1) is 0 Å². The Morgan fingerprint density at radius 1 is 1.32 bits per heavy atom. The standard InChI is InChI=1S/C16H14N2O4/c1-10-8-12(18(20)21)6-7-13(10)17-16(19)15-9-11-4-2-3-5-14(11)22-15/h2-8,15H,9H2,1H3,(H,17,19)/t15-/m1/s1. The first-order valence-electron chi connectivity index (χ1n) is 6.85. The number of nitrogens with one attached hydrogen (secondary N) is 1. The average Bonchev–Trinajstić information content (AvgIpc) is 2.93. The number of hydrogen-bond acceptors (Lipinski definition) is 4. The van der Waals surface area contributed by atoms with Crippen molar-refractivity contribution in [2.45, 2.75) is 19.4 Å². The predicted octanol–water partition coefficient (Wildman–Crippen LogP) is 2.85. The Bertz CT molecular complexity index is 733. The van der Waals surface area contributed by atoms with Gasteiger partial charge >= 0.3 is 0 Å². The van der Waals surface area contributed by atoms with E-state index in [4.69, 9.17) is 4.74 Å². The molecule has 0 saturated carbocycles. The molecule has 0 saturated heterocycles. The van der Waals surface area contributed by atoms with Gasteiger partial charge in [0.1, 0.15) is 5.75 Å². The van der Waals surface area contributed by atoms with Gasteiger partial charge in [0.05, 0.1) is 4.92 Å². The molecular weight excluding hydrogens is 284 g/mol. The van der Waals surface area contributed by atoms with E-state index in [0.29, 0.717) is 17.7 Å². The van der Waals surface area contributed by atoms with Crippen molar-refractivity contribution in [3.8, 4) is 5.75 Å². The molecule has 6 nitrogen and oxygen atoms in total. The lowest BCUT2D eigenvalue weighted by Gasteiger charge is -2.13. The first-order valence-corrected chi connectivity index (χ1v) is 6.85. The zero-order valence-corrected chi connectivity index (χ0v) is 11.9.